The van der Waals surface area contributed by atoms with E-state index in [0.29, 0.717) is 38.8 Å². The molecule has 0 aliphatic carbocycles. The third-order valence-electron chi connectivity index (χ3n) is 5.60. The van der Waals surface area contributed by atoms with Crippen LogP contribution in [0.2, 0.25) is 0 Å². The van der Waals surface area contributed by atoms with Crippen LogP contribution in [0.5, 0.6) is 0 Å². The molecule has 5 rings (SSSR count). The molecule has 3 aromatic heterocycles. The average molecular weight is 505 g/mol. The van der Waals surface area contributed by atoms with Crippen molar-refractivity contribution in [2.24, 2.45) is 0 Å². The van der Waals surface area contributed by atoms with Crippen LogP contribution in [0.25, 0.3) is 33.7 Å². The number of aromatic nitrogens is 4. The molecule has 11 heteroatoms. The van der Waals surface area contributed by atoms with Gasteiger partial charge < -0.3 is 14.3 Å². The SMILES string of the molecule is CS(=N)(=O)c1ccc(-c2ccc(CNC(=O)Cn3c(-c4ncco4)cc4cc(F)ccc43)nn2)cc1. The number of rotatable bonds is 7. The lowest BCUT2D eigenvalue weighted by Crippen LogP contribution is -2.27. The Balaban J connectivity index is 1.28. The van der Waals surface area contributed by atoms with E-state index in [9.17, 15) is 13.4 Å². The fraction of sp³-hybridized carbons (Fsp3) is 0.120. The first kappa shape index (κ1) is 23.4. The summed E-state index contributed by atoms with van der Waals surface area (Å²) < 4.78 is 40.4. The van der Waals surface area contributed by atoms with Crippen molar-refractivity contribution in [2.75, 3.05) is 6.26 Å². The quantitative estimate of drug-likeness (QED) is 0.341. The molecular weight excluding hydrogens is 483 g/mol. The van der Waals surface area contributed by atoms with Gasteiger partial charge in [-0.3, -0.25) is 4.79 Å². The van der Waals surface area contributed by atoms with Crippen molar-refractivity contribution in [3.05, 3.63) is 84.6 Å². The van der Waals surface area contributed by atoms with Crippen molar-refractivity contribution in [1.82, 2.24) is 25.1 Å². The van der Waals surface area contributed by atoms with Crippen molar-refractivity contribution < 1.29 is 17.8 Å². The molecule has 1 unspecified atom stereocenters. The van der Waals surface area contributed by atoms with Crippen molar-refractivity contribution in [2.45, 2.75) is 18.0 Å². The van der Waals surface area contributed by atoms with E-state index in [1.54, 1.807) is 53.1 Å². The number of nitrogens with one attached hydrogen (secondary N) is 2. The zero-order valence-corrected chi connectivity index (χ0v) is 20.0. The summed E-state index contributed by atoms with van der Waals surface area (Å²) in [7, 11) is -2.78. The van der Waals surface area contributed by atoms with Crippen LogP contribution in [-0.2, 0) is 27.6 Å². The predicted molar refractivity (Wildman–Crippen MR) is 132 cm³/mol. The van der Waals surface area contributed by atoms with E-state index >= 15 is 0 Å². The van der Waals surface area contributed by atoms with Crippen LogP contribution in [-0.4, -0.2) is 36.1 Å². The highest BCUT2D eigenvalue weighted by Gasteiger charge is 2.17. The third-order valence-corrected chi connectivity index (χ3v) is 6.77. The van der Waals surface area contributed by atoms with Crippen LogP contribution in [0.4, 0.5) is 4.39 Å². The monoisotopic (exact) mass is 504 g/mol. The number of oxazole rings is 1. The normalized spacial score (nSPS) is 12.9. The van der Waals surface area contributed by atoms with Crippen LogP contribution in [0.15, 0.2) is 82.4 Å². The van der Waals surface area contributed by atoms with Gasteiger partial charge in [-0.2, -0.15) is 10.2 Å². The maximum absolute atomic E-state index is 13.7. The second-order valence-corrected chi connectivity index (χ2v) is 10.4. The molecule has 182 valence electrons. The Morgan fingerprint density at radius 1 is 1.11 bits per heavy atom. The van der Waals surface area contributed by atoms with E-state index in [1.165, 1.54) is 30.8 Å². The van der Waals surface area contributed by atoms with Crippen LogP contribution >= 0.6 is 0 Å². The number of benzene rings is 2. The second kappa shape index (κ2) is 9.34. The minimum Gasteiger partial charge on any atom is -0.443 e. The highest BCUT2D eigenvalue weighted by Crippen LogP contribution is 2.28. The Morgan fingerprint density at radius 3 is 2.58 bits per heavy atom. The molecule has 0 bridgehead atoms. The fourth-order valence-electron chi connectivity index (χ4n) is 3.82. The third kappa shape index (κ3) is 4.86. The number of nitrogens with zero attached hydrogens (tertiary/aromatic N) is 4. The van der Waals surface area contributed by atoms with Gasteiger partial charge in [0.2, 0.25) is 11.8 Å². The molecule has 0 spiro atoms. The summed E-state index contributed by atoms with van der Waals surface area (Å²) in [4.78, 5) is 17.4. The number of amides is 1. The molecule has 0 saturated carbocycles. The molecule has 9 nitrogen and oxygen atoms in total. The first-order valence-corrected chi connectivity index (χ1v) is 12.9. The van der Waals surface area contributed by atoms with E-state index in [0.717, 1.165) is 5.56 Å². The molecule has 36 heavy (non-hydrogen) atoms. The molecule has 0 aliphatic heterocycles. The molecule has 1 atom stereocenters. The van der Waals surface area contributed by atoms with Gasteiger partial charge in [-0.05, 0) is 48.5 Å². The van der Waals surface area contributed by atoms with E-state index in [1.807, 2.05) is 0 Å². The Bertz CT molecular complexity index is 1650. The molecule has 2 N–H and O–H groups in total. The molecule has 1 amide bonds. The minimum absolute atomic E-state index is 0.0265. The van der Waals surface area contributed by atoms with Gasteiger partial charge in [0.05, 0.1) is 33.9 Å². The van der Waals surface area contributed by atoms with Gasteiger partial charge in [0.15, 0.2) is 0 Å². The van der Waals surface area contributed by atoms with Gasteiger partial charge >= 0.3 is 0 Å². The lowest BCUT2D eigenvalue weighted by Gasteiger charge is -2.10. The average Bonchev–Trinajstić information content (AvgIpc) is 3.51. The molecule has 0 fully saturated rings. The van der Waals surface area contributed by atoms with Gasteiger partial charge in [0, 0.05) is 27.6 Å². The summed E-state index contributed by atoms with van der Waals surface area (Å²) in [5.74, 6) is -0.315. The van der Waals surface area contributed by atoms with Gasteiger partial charge in [0.1, 0.15) is 24.3 Å². The molecular formula is C25H21FN6O3S. The van der Waals surface area contributed by atoms with Crippen LogP contribution in [0.1, 0.15) is 5.69 Å². The lowest BCUT2D eigenvalue weighted by molar-refractivity contribution is -0.121. The van der Waals surface area contributed by atoms with Crippen molar-refractivity contribution in [1.29, 1.82) is 4.78 Å². The van der Waals surface area contributed by atoms with E-state index in [-0.39, 0.29) is 24.8 Å². The number of carbonyl (C=O) groups is 1. The topological polar surface area (TPSA) is 127 Å². The smallest absolute Gasteiger partial charge is 0.243 e. The van der Waals surface area contributed by atoms with Gasteiger partial charge in [0.25, 0.3) is 0 Å². The van der Waals surface area contributed by atoms with Gasteiger partial charge in [-0.25, -0.2) is 18.4 Å². The molecule has 0 saturated heterocycles. The highest BCUT2D eigenvalue weighted by molar-refractivity contribution is 7.91. The molecule has 0 aliphatic rings. The van der Waals surface area contributed by atoms with Gasteiger partial charge in [-0.15, -0.1) is 0 Å². The molecule has 2 aromatic carbocycles. The summed E-state index contributed by atoms with van der Waals surface area (Å²) in [5.41, 5.74) is 3.21. The number of fused-ring (bicyclic) bond motifs is 1. The maximum Gasteiger partial charge on any atom is 0.243 e. The summed E-state index contributed by atoms with van der Waals surface area (Å²) in [6.07, 6.45) is 4.32. The Hall–Kier alpha value is -4.38. The first-order valence-electron chi connectivity index (χ1n) is 10.9. The number of carbonyl (C=O) groups excluding carboxylic acids is 1. The van der Waals surface area contributed by atoms with Crippen LogP contribution in [0.3, 0.4) is 0 Å². The van der Waals surface area contributed by atoms with Crippen LogP contribution in [0, 0.1) is 10.6 Å². The zero-order chi connectivity index (χ0) is 25.3. The Kier molecular flexibility index (Phi) is 6.06. The summed E-state index contributed by atoms with van der Waals surface area (Å²) in [6.45, 7) is 0.144. The lowest BCUT2D eigenvalue weighted by atomic mass is 10.1. The zero-order valence-electron chi connectivity index (χ0n) is 19.1. The first-order chi connectivity index (χ1) is 17.3. The largest absolute Gasteiger partial charge is 0.443 e. The van der Waals surface area contributed by atoms with Gasteiger partial charge in [-0.1, -0.05) is 12.1 Å². The molecule has 5 aromatic rings. The van der Waals surface area contributed by atoms with Crippen molar-refractivity contribution in [3.8, 4) is 22.8 Å². The Labute approximate surface area is 206 Å². The number of hydrogen-bond acceptors (Lipinski definition) is 7. The number of hydrogen-bond donors (Lipinski definition) is 2. The second-order valence-electron chi connectivity index (χ2n) is 8.21. The Morgan fingerprint density at radius 2 is 1.92 bits per heavy atom. The van der Waals surface area contributed by atoms with E-state index in [4.69, 9.17) is 9.20 Å². The van der Waals surface area contributed by atoms with Crippen LogP contribution < -0.4 is 5.32 Å². The number of halogens is 1. The summed E-state index contributed by atoms with van der Waals surface area (Å²) >= 11 is 0. The van der Waals surface area contributed by atoms with Crippen molar-refractivity contribution >= 4 is 26.5 Å². The maximum atomic E-state index is 13.7. The fourth-order valence-corrected chi connectivity index (χ4v) is 4.48. The summed E-state index contributed by atoms with van der Waals surface area (Å²) in [6, 6.07) is 16.4. The predicted octanol–water partition coefficient (Wildman–Crippen LogP) is 4.24. The van der Waals surface area contributed by atoms with Crippen molar-refractivity contribution in [3.63, 3.8) is 0 Å². The van der Waals surface area contributed by atoms with E-state index < -0.39 is 9.73 Å². The standard InChI is InChI=1S/C25H21FN6O3S/c1-36(27,34)20-6-2-16(3-7-20)21-8-5-19(30-31-21)14-29-24(33)15-32-22-9-4-18(26)12-17(22)13-23(32)25-28-10-11-35-25/h2-13,27H,14-15H2,1H3,(H,29,33). The molecule has 3 heterocycles. The molecule has 0 radical (unpaired) electrons. The summed E-state index contributed by atoms with van der Waals surface area (Å²) in [5, 5.41) is 11.9. The highest BCUT2D eigenvalue weighted by atomic mass is 32.2. The minimum atomic E-state index is -2.78. The van der Waals surface area contributed by atoms with E-state index in [2.05, 4.69) is 20.5 Å².